The predicted molar refractivity (Wildman–Crippen MR) is 209 cm³/mol. The van der Waals surface area contributed by atoms with Gasteiger partial charge in [-0.1, -0.05) is 66.6 Å². The fraction of sp³-hybridized carbons (Fsp3) is 0.548. The monoisotopic (exact) mass is 785 g/mol. The SMILES string of the molecule is Cc1ccc(CC(=O)N[C@@H](Cc2cccc(C)c2)C(=O)N[C@H]2COC(=O)[C@@H]3C[C@@H](C)CN3C(=O)[C@H](C)NC(=O)[C@@H]3CN(C)CCN3C(=O)[C@@H]3CCCN3C2=O)cc1. The molecule has 3 N–H and O–H groups in total. The van der Waals surface area contributed by atoms with Crippen LogP contribution >= 0.6 is 0 Å². The van der Waals surface area contributed by atoms with E-state index in [1.807, 2.05) is 81.2 Å². The van der Waals surface area contributed by atoms with Crippen LogP contribution in [0.25, 0.3) is 0 Å². The zero-order valence-electron chi connectivity index (χ0n) is 33.5. The third-order valence-electron chi connectivity index (χ3n) is 11.5. The number of amides is 6. The standard InChI is InChI=1S/C42H55N7O8/c1-25-11-13-29(14-12-25)21-36(50)44-31(20-30-9-6-8-26(2)18-30)37(51)45-32-24-57-42(56)34-19-27(3)22-49(34)39(53)28(4)43-38(52)35-23-46(5)16-17-48(35)41(55)33-10-7-15-47(33)40(32)54/h6,8-9,11-14,18,27-28,31-35H,7,10,15-17,19-24H2,1-5H3,(H,43,52)(H,44,50)(H,45,51)/t27-,28+,31+,32+,33+,34+,35+/m1/s1. The molecule has 15 heteroatoms. The van der Waals surface area contributed by atoms with Crippen molar-refractivity contribution in [3.63, 3.8) is 0 Å². The summed E-state index contributed by atoms with van der Waals surface area (Å²) < 4.78 is 5.78. The summed E-state index contributed by atoms with van der Waals surface area (Å²) in [5, 5.41) is 8.44. The molecular weight excluding hydrogens is 731 g/mol. The topological polar surface area (TPSA) is 178 Å². The molecule has 4 heterocycles. The Morgan fingerprint density at radius 1 is 0.825 bits per heavy atom. The van der Waals surface area contributed by atoms with Crippen molar-refractivity contribution < 1.29 is 38.3 Å². The molecular formula is C42H55N7O8. The summed E-state index contributed by atoms with van der Waals surface area (Å²) in [6, 6.07) is 8.70. The Labute approximate surface area is 333 Å². The molecule has 0 bridgehead atoms. The molecule has 6 rings (SSSR count). The van der Waals surface area contributed by atoms with E-state index < -0.39 is 84.3 Å². The Hall–Kier alpha value is -5.31. The molecule has 2 aromatic carbocycles. The number of piperazine rings is 1. The zero-order chi connectivity index (χ0) is 41.0. The van der Waals surface area contributed by atoms with Gasteiger partial charge in [-0.2, -0.15) is 0 Å². The number of fused-ring (bicyclic) bond motifs is 3. The van der Waals surface area contributed by atoms with E-state index in [-0.39, 0.29) is 44.9 Å². The van der Waals surface area contributed by atoms with Gasteiger partial charge in [-0.15, -0.1) is 0 Å². The third kappa shape index (κ3) is 9.81. The van der Waals surface area contributed by atoms with Gasteiger partial charge in [0, 0.05) is 39.1 Å². The molecule has 7 atom stereocenters. The first-order chi connectivity index (χ1) is 27.2. The van der Waals surface area contributed by atoms with Gasteiger partial charge in [0.15, 0.2) is 0 Å². The van der Waals surface area contributed by atoms with E-state index in [4.69, 9.17) is 4.74 Å². The zero-order valence-corrected chi connectivity index (χ0v) is 33.5. The number of ether oxygens (including phenoxy) is 1. The lowest BCUT2D eigenvalue weighted by atomic mass is 10.0. The minimum absolute atomic E-state index is 0.0222. The average Bonchev–Trinajstić information content (AvgIpc) is 3.83. The van der Waals surface area contributed by atoms with Crippen molar-refractivity contribution >= 4 is 41.4 Å². The fourth-order valence-corrected chi connectivity index (χ4v) is 8.35. The fourth-order valence-electron chi connectivity index (χ4n) is 8.35. The number of nitrogens with zero attached hydrogens (tertiary/aromatic N) is 4. The second-order valence-corrected chi connectivity index (χ2v) is 16.2. The number of nitrogens with one attached hydrogen (secondary N) is 3. The number of hydrogen-bond acceptors (Lipinski definition) is 9. The number of aryl methyl sites for hydroxylation is 2. The molecule has 4 saturated heterocycles. The minimum atomic E-state index is -1.43. The van der Waals surface area contributed by atoms with Gasteiger partial charge in [-0.25, -0.2) is 4.79 Å². The number of likely N-dealkylation sites (N-methyl/N-ethyl adjacent to an activating group) is 1. The van der Waals surface area contributed by atoms with Crippen molar-refractivity contribution in [2.45, 2.75) is 96.1 Å². The molecule has 0 aromatic heterocycles. The molecule has 4 aliphatic heterocycles. The normalized spacial score (nSPS) is 26.9. The van der Waals surface area contributed by atoms with E-state index in [1.165, 1.54) is 14.7 Å². The Morgan fingerprint density at radius 3 is 2.30 bits per heavy atom. The third-order valence-corrected chi connectivity index (χ3v) is 11.5. The van der Waals surface area contributed by atoms with Crippen LogP contribution in [0.15, 0.2) is 48.5 Å². The summed E-state index contributed by atoms with van der Waals surface area (Å²) in [4.78, 5) is 104. The van der Waals surface area contributed by atoms with Crippen LogP contribution in [0.1, 0.15) is 55.4 Å². The first-order valence-electron chi connectivity index (χ1n) is 20.0. The molecule has 0 saturated carbocycles. The number of hydrogen-bond donors (Lipinski definition) is 3. The molecule has 0 aliphatic carbocycles. The highest BCUT2D eigenvalue weighted by Crippen LogP contribution is 2.27. The largest absolute Gasteiger partial charge is 0.461 e. The highest BCUT2D eigenvalue weighted by atomic mass is 16.5. The van der Waals surface area contributed by atoms with E-state index in [2.05, 4.69) is 16.0 Å². The Morgan fingerprint density at radius 2 is 1.56 bits per heavy atom. The maximum atomic E-state index is 14.6. The van der Waals surface area contributed by atoms with Crippen LogP contribution in [-0.2, 0) is 51.1 Å². The van der Waals surface area contributed by atoms with Gasteiger partial charge in [-0.05, 0) is 64.1 Å². The van der Waals surface area contributed by atoms with Crippen molar-refractivity contribution in [2.75, 3.05) is 46.4 Å². The smallest absolute Gasteiger partial charge is 0.328 e. The van der Waals surface area contributed by atoms with Crippen molar-refractivity contribution in [2.24, 2.45) is 5.92 Å². The van der Waals surface area contributed by atoms with Gasteiger partial charge < -0.3 is 40.3 Å². The second-order valence-electron chi connectivity index (χ2n) is 16.2. The lowest BCUT2D eigenvalue weighted by Crippen LogP contribution is -2.65. The summed E-state index contributed by atoms with van der Waals surface area (Å²) in [6.07, 6.45) is 1.28. The molecule has 0 unspecified atom stereocenters. The number of carbonyl (C=O) groups excluding carboxylic acids is 7. The van der Waals surface area contributed by atoms with Crippen LogP contribution in [0, 0.1) is 19.8 Å². The van der Waals surface area contributed by atoms with Gasteiger partial charge in [0.25, 0.3) is 0 Å². The Kier molecular flexibility index (Phi) is 13.0. The number of cyclic esters (lactones) is 1. The second kappa shape index (κ2) is 17.9. The number of benzene rings is 2. The number of rotatable bonds is 7. The molecule has 0 spiro atoms. The highest BCUT2D eigenvalue weighted by Gasteiger charge is 2.46. The summed E-state index contributed by atoms with van der Waals surface area (Å²) in [7, 11) is 1.85. The van der Waals surface area contributed by atoms with E-state index in [0.29, 0.717) is 25.8 Å². The lowest BCUT2D eigenvalue weighted by molar-refractivity contribution is -0.158. The van der Waals surface area contributed by atoms with Gasteiger partial charge in [-0.3, -0.25) is 28.8 Å². The van der Waals surface area contributed by atoms with E-state index >= 15 is 0 Å². The first kappa shape index (κ1) is 41.3. The quantitative estimate of drug-likeness (QED) is 0.338. The molecule has 0 radical (unpaired) electrons. The Bertz CT molecular complexity index is 1870. The average molecular weight is 786 g/mol. The molecule has 4 aliphatic rings. The minimum Gasteiger partial charge on any atom is -0.461 e. The van der Waals surface area contributed by atoms with Crippen LogP contribution in [0.5, 0.6) is 0 Å². The summed E-state index contributed by atoms with van der Waals surface area (Å²) in [5.74, 6) is -3.87. The summed E-state index contributed by atoms with van der Waals surface area (Å²) in [5.41, 5.74) is 3.56. The van der Waals surface area contributed by atoms with Crippen LogP contribution in [0.3, 0.4) is 0 Å². The van der Waals surface area contributed by atoms with Crippen molar-refractivity contribution in [3.05, 3.63) is 70.8 Å². The molecule has 15 nitrogen and oxygen atoms in total. The molecule has 57 heavy (non-hydrogen) atoms. The van der Waals surface area contributed by atoms with Gasteiger partial charge in [0.2, 0.25) is 35.4 Å². The summed E-state index contributed by atoms with van der Waals surface area (Å²) in [6.45, 7) is 8.20. The number of esters is 1. The van der Waals surface area contributed by atoms with Crippen LogP contribution < -0.4 is 16.0 Å². The van der Waals surface area contributed by atoms with E-state index in [0.717, 1.165) is 22.3 Å². The van der Waals surface area contributed by atoms with Gasteiger partial charge >= 0.3 is 5.97 Å². The molecule has 4 fully saturated rings. The van der Waals surface area contributed by atoms with Crippen molar-refractivity contribution in [3.8, 4) is 0 Å². The molecule has 2 aromatic rings. The number of carbonyl (C=O) groups is 7. The highest BCUT2D eigenvalue weighted by molar-refractivity contribution is 5.98. The lowest BCUT2D eigenvalue weighted by Gasteiger charge is -2.42. The molecule has 306 valence electrons. The Balaban J connectivity index is 1.31. The van der Waals surface area contributed by atoms with Gasteiger partial charge in [0.05, 0.1) is 6.42 Å². The molecule has 6 amide bonds. The summed E-state index contributed by atoms with van der Waals surface area (Å²) >= 11 is 0. The van der Waals surface area contributed by atoms with E-state index in [1.54, 1.807) is 6.92 Å². The van der Waals surface area contributed by atoms with Crippen molar-refractivity contribution in [1.82, 2.24) is 35.6 Å². The first-order valence-corrected chi connectivity index (χ1v) is 20.0. The maximum absolute atomic E-state index is 14.6. The maximum Gasteiger partial charge on any atom is 0.328 e. The van der Waals surface area contributed by atoms with E-state index in [9.17, 15) is 33.6 Å². The van der Waals surface area contributed by atoms with Gasteiger partial charge in [0.1, 0.15) is 42.9 Å². The van der Waals surface area contributed by atoms with Crippen LogP contribution in [0.4, 0.5) is 0 Å². The predicted octanol–water partition coefficient (Wildman–Crippen LogP) is 0.490. The van der Waals surface area contributed by atoms with Crippen molar-refractivity contribution in [1.29, 1.82) is 0 Å². The van der Waals surface area contributed by atoms with Crippen LogP contribution in [0.2, 0.25) is 0 Å². The van der Waals surface area contributed by atoms with Crippen LogP contribution in [-0.4, -0.2) is 144 Å².